The van der Waals surface area contributed by atoms with Crippen LogP contribution in [0.25, 0.3) is 0 Å². The molecule has 0 aliphatic rings. The van der Waals surface area contributed by atoms with E-state index in [4.69, 9.17) is 27.9 Å². The summed E-state index contributed by atoms with van der Waals surface area (Å²) in [5.41, 5.74) is 0.209. The van der Waals surface area contributed by atoms with Gasteiger partial charge in [-0.15, -0.1) is 0 Å². The topological polar surface area (TPSA) is 68.3 Å². The summed E-state index contributed by atoms with van der Waals surface area (Å²) in [6.45, 7) is 0. The molecule has 1 heterocycles. The predicted molar refractivity (Wildman–Crippen MR) is 85.8 cm³/mol. The maximum absolute atomic E-state index is 12.4. The lowest BCUT2D eigenvalue weighted by Gasteiger charge is -2.12. The van der Waals surface area contributed by atoms with E-state index in [1.54, 1.807) is 12.1 Å². The molecule has 0 amide bonds. The third-order valence-electron chi connectivity index (χ3n) is 2.47. The smallest absolute Gasteiger partial charge is 0.265 e. The first-order valence-corrected chi connectivity index (χ1v) is 8.54. The number of methoxy groups -OCH3 is 1. The van der Waals surface area contributed by atoms with Crippen LogP contribution in [0.5, 0.6) is 5.75 Å². The van der Waals surface area contributed by atoms with Crippen LogP contribution >= 0.6 is 39.1 Å². The molecular formula is C12H9BrCl2N2O3S. The molecular weight excluding hydrogens is 403 g/mol. The van der Waals surface area contributed by atoms with E-state index in [2.05, 4.69) is 25.6 Å². The Kier molecular flexibility index (Phi) is 4.98. The zero-order valence-electron chi connectivity index (χ0n) is 10.6. The highest BCUT2D eigenvalue weighted by atomic mass is 79.9. The average molecular weight is 412 g/mol. The third kappa shape index (κ3) is 3.79. The van der Waals surface area contributed by atoms with E-state index >= 15 is 0 Å². The van der Waals surface area contributed by atoms with E-state index in [1.165, 1.54) is 25.4 Å². The van der Waals surface area contributed by atoms with Crippen molar-refractivity contribution in [3.63, 3.8) is 0 Å². The van der Waals surface area contributed by atoms with Crippen LogP contribution < -0.4 is 9.46 Å². The van der Waals surface area contributed by atoms with Crippen LogP contribution in [0.15, 0.2) is 39.8 Å². The van der Waals surface area contributed by atoms with Gasteiger partial charge in [0.15, 0.2) is 0 Å². The van der Waals surface area contributed by atoms with Gasteiger partial charge in [0.25, 0.3) is 10.0 Å². The molecule has 0 saturated heterocycles. The monoisotopic (exact) mass is 410 g/mol. The largest absolute Gasteiger partial charge is 0.495 e. The number of hydrogen-bond acceptors (Lipinski definition) is 4. The lowest BCUT2D eigenvalue weighted by Crippen LogP contribution is -2.14. The first-order valence-electron chi connectivity index (χ1n) is 5.51. The Morgan fingerprint density at radius 3 is 2.67 bits per heavy atom. The van der Waals surface area contributed by atoms with Crippen LogP contribution in [-0.2, 0) is 10.0 Å². The summed E-state index contributed by atoms with van der Waals surface area (Å²) >= 11 is 14.9. The Labute approximate surface area is 140 Å². The zero-order chi connectivity index (χ0) is 15.6. The van der Waals surface area contributed by atoms with Gasteiger partial charge in [-0.25, -0.2) is 13.4 Å². The first kappa shape index (κ1) is 16.4. The van der Waals surface area contributed by atoms with Crippen molar-refractivity contribution in [2.24, 2.45) is 0 Å². The van der Waals surface area contributed by atoms with Crippen molar-refractivity contribution < 1.29 is 13.2 Å². The second-order valence-electron chi connectivity index (χ2n) is 3.89. The number of aromatic nitrogens is 1. The molecule has 0 spiro atoms. The van der Waals surface area contributed by atoms with Crippen LogP contribution in [0.1, 0.15) is 0 Å². The number of rotatable bonds is 4. The summed E-state index contributed by atoms with van der Waals surface area (Å²) in [4.78, 5) is 3.64. The molecule has 1 aromatic carbocycles. The predicted octanol–water partition coefficient (Wildman–Crippen LogP) is 3.96. The molecule has 1 aromatic heterocycles. The lowest BCUT2D eigenvalue weighted by molar-refractivity contribution is 0.417. The van der Waals surface area contributed by atoms with E-state index < -0.39 is 10.0 Å². The number of anilines is 1. The highest BCUT2D eigenvalue weighted by molar-refractivity contribution is 9.10. The maximum atomic E-state index is 12.4. The normalized spacial score (nSPS) is 11.2. The van der Waals surface area contributed by atoms with Gasteiger partial charge in [0.05, 0.1) is 12.8 Å². The summed E-state index contributed by atoms with van der Waals surface area (Å²) in [6.07, 6.45) is 1.40. The van der Waals surface area contributed by atoms with Gasteiger partial charge in [-0.05, 0) is 40.2 Å². The summed E-state index contributed by atoms with van der Waals surface area (Å²) in [5.74, 6) is 0.335. The van der Waals surface area contributed by atoms with E-state index in [0.717, 1.165) is 0 Å². The van der Waals surface area contributed by atoms with Crippen molar-refractivity contribution in [1.29, 1.82) is 0 Å². The van der Waals surface area contributed by atoms with Crippen molar-refractivity contribution in [2.75, 3.05) is 11.8 Å². The van der Waals surface area contributed by atoms with E-state index in [9.17, 15) is 8.42 Å². The Morgan fingerprint density at radius 2 is 2.00 bits per heavy atom. The fourth-order valence-electron chi connectivity index (χ4n) is 1.55. The number of ether oxygens (including phenoxy) is 1. The number of pyridine rings is 1. The molecule has 2 rings (SSSR count). The Morgan fingerprint density at radius 1 is 1.29 bits per heavy atom. The first-order chi connectivity index (χ1) is 9.83. The SMILES string of the molecule is COc1ccc(Cl)cc1NS(=O)(=O)c1cc(Br)cnc1Cl. The number of nitrogens with one attached hydrogen (secondary N) is 1. The molecule has 0 aliphatic carbocycles. The highest BCUT2D eigenvalue weighted by Gasteiger charge is 2.21. The lowest BCUT2D eigenvalue weighted by atomic mass is 10.3. The summed E-state index contributed by atoms with van der Waals surface area (Å²) in [5, 5.41) is 0.235. The Balaban J connectivity index is 2.47. The summed E-state index contributed by atoms with van der Waals surface area (Å²) in [7, 11) is -2.50. The van der Waals surface area contributed by atoms with Crippen LogP contribution in [-0.4, -0.2) is 20.5 Å². The molecule has 0 aliphatic heterocycles. The number of halogens is 3. The zero-order valence-corrected chi connectivity index (χ0v) is 14.5. The Bertz CT molecular complexity index is 784. The molecule has 5 nitrogen and oxygen atoms in total. The minimum Gasteiger partial charge on any atom is -0.495 e. The van der Waals surface area contributed by atoms with Crippen LogP contribution in [0, 0.1) is 0 Å². The van der Waals surface area contributed by atoms with Gasteiger partial charge in [0.1, 0.15) is 15.8 Å². The second-order valence-corrected chi connectivity index (χ2v) is 7.25. The summed E-state index contributed by atoms with van der Waals surface area (Å²) < 4.78 is 32.8. The number of nitrogens with zero attached hydrogens (tertiary/aromatic N) is 1. The van der Waals surface area contributed by atoms with Crippen molar-refractivity contribution in [3.05, 3.63) is 45.1 Å². The molecule has 0 bridgehead atoms. The van der Waals surface area contributed by atoms with E-state index in [1.807, 2.05) is 0 Å². The molecule has 9 heteroatoms. The molecule has 0 radical (unpaired) electrons. The van der Waals surface area contributed by atoms with Gasteiger partial charge >= 0.3 is 0 Å². The fourth-order valence-corrected chi connectivity index (χ4v) is 3.73. The average Bonchev–Trinajstić information content (AvgIpc) is 2.41. The maximum Gasteiger partial charge on any atom is 0.265 e. The minimum atomic E-state index is -3.93. The molecule has 21 heavy (non-hydrogen) atoms. The molecule has 0 atom stereocenters. The molecule has 2 aromatic rings. The standard InChI is InChI=1S/C12H9BrCl2N2O3S/c1-20-10-3-2-8(14)5-9(10)17-21(18,19)11-4-7(13)6-16-12(11)15/h2-6,17H,1H3. The number of sulfonamides is 1. The van der Waals surface area contributed by atoms with Crippen LogP contribution in [0.3, 0.4) is 0 Å². The highest BCUT2D eigenvalue weighted by Crippen LogP contribution is 2.31. The van der Waals surface area contributed by atoms with Gasteiger partial charge in [0, 0.05) is 15.7 Å². The van der Waals surface area contributed by atoms with Crippen LogP contribution in [0.4, 0.5) is 5.69 Å². The van der Waals surface area contributed by atoms with Gasteiger partial charge in [-0.2, -0.15) is 0 Å². The van der Waals surface area contributed by atoms with Gasteiger partial charge in [0.2, 0.25) is 0 Å². The molecule has 0 saturated carbocycles. The Hall–Kier alpha value is -1.02. The van der Waals surface area contributed by atoms with Crippen molar-refractivity contribution in [2.45, 2.75) is 4.90 Å². The third-order valence-corrected chi connectivity index (χ3v) is 4.93. The van der Waals surface area contributed by atoms with Crippen LogP contribution in [0.2, 0.25) is 10.2 Å². The second kappa shape index (κ2) is 6.39. The van der Waals surface area contributed by atoms with Gasteiger partial charge < -0.3 is 4.74 Å². The summed E-state index contributed by atoms with van der Waals surface area (Å²) in [6, 6.07) is 5.94. The van der Waals surface area contributed by atoms with Gasteiger partial charge in [-0.1, -0.05) is 23.2 Å². The number of hydrogen-bond donors (Lipinski definition) is 1. The number of benzene rings is 1. The quantitative estimate of drug-likeness (QED) is 0.773. The molecule has 0 unspecified atom stereocenters. The molecule has 1 N–H and O–H groups in total. The van der Waals surface area contributed by atoms with Crippen molar-refractivity contribution in [1.82, 2.24) is 4.98 Å². The molecule has 0 fully saturated rings. The van der Waals surface area contributed by atoms with E-state index in [-0.39, 0.29) is 15.7 Å². The van der Waals surface area contributed by atoms with Gasteiger partial charge in [-0.3, -0.25) is 4.72 Å². The van der Waals surface area contributed by atoms with Crippen molar-refractivity contribution >= 4 is 54.8 Å². The fraction of sp³-hybridized carbons (Fsp3) is 0.0833. The van der Waals surface area contributed by atoms with E-state index in [0.29, 0.717) is 15.2 Å². The van der Waals surface area contributed by atoms with Crippen molar-refractivity contribution in [3.8, 4) is 5.75 Å². The minimum absolute atomic E-state index is 0.133. The molecule has 112 valence electrons.